The van der Waals surface area contributed by atoms with Crippen LogP contribution in [0.3, 0.4) is 0 Å². The monoisotopic (exact) mass is 202 g/mol. The summed E-state index contributed by atoms with van der Waals surface area (Å²) in [5.74, 6) is 0.735. The van der Waals surface area contributed by atoms with E-state index in [1.165, 1.54) is 0 Å². The third kappa shape index (κ3) is 2.62. The summed E-state index contributed by atoms with van der Waals surface area (Å²) in [5.41, 5.74) is 0. The van der Waals surface area contributed by atoms with E-state index in [1.807, 2.05) is 13.2 Å². The fraction of sp³-hybridized carbons (Fsp3) is 0.750. The number of carbonyl (C=O) groups is 2. The topological polar surface area (TPSA) is 49.4 Å². The van der Waals surface area contributed by atoms with E-state index in [4.69, 9.17) is 0 Å². The van der Waals surface area contributed by atoms with Gasteiger partial charge in [-0.3, -0.25) is 10.1 Å². The number of urea groups is 1. The average Bonchev–Trinajstić information content (AvgIpc) is 2.04. The SMILES string of the molecule is CSCC(C)N1CCC(=O)NC1=O. The number of imide groups is 1. The summed E-state index contributed by atoms with van der Waals surface area (Å²) in [6.45, 7) is 2.54. The van der Waals surface area contributed by atoms with Crippen LogP contribution in [0.2, 0.25) is 0 Å². The molecule has 4 nitrogen and oxygen atoms in total. The van der Waals surface area contributed by atoms with E-state index in [0.29, 0.717) is 13.0 Å². The molecule has 5 heteroatoms. The molecule has 1 atom stereocenters. The molecule has 1 aliphatic rings. The summed E-state index contributed by atoms with van der Waals surface area (Å²) in [7, 11) is 0. The number of hydrogen-bond acceptors (Lipinski definition) is 3. The number of nitrogens with zero attached hydrogens (tertiary/aromatic N) is 1. The number of nitrogens with one attached hydrogen (secondary N) is 1. The van der Waals surface area contributed by atoms with Gasteiger partial charge < -0.3 is 4.90 Å². The molecule has 13 heavy (non-hydrogen) atoms. The smallest absolute Gasteiger partial charge is 0.320 e. The zero-order valence-electron chi connectivity index (χ0n) is 7.87. The van der Waals surface area contributed by atoms with Gasteiger partial charge in [-0.1, -0.05) is 0 Å². The first-order valence-electron chi connectivity index (χ1n) is 4.24. The van der Waals surface area contributed by atoms with E-state index in [0.717, 1.165) is 5.75 Å². The summed E-state index contributed by atoms with van der Waals surface area (Å²) < 4.78 is 0. The lowest BCUT2D eigenvalue weighted by atomic mass is 10.2. The average molecular weight is 202 g/mol. The first kappa shape index (κ1) is 10.4. The van der Waals surface area contributed by atoms with Crippen LogP contribution in [0.15, 0.2) is 0 Å². The van der Waals surface area contributed by atoms with Gasteiger partial charge in [0.1, 0.15) is 0 Å². The molecule has 74 valence electrons. The third-order valence-electron chi connectivity index (χ3n) is 2.03. The fourth-order valence-corrected chi connectivity index (χ4v) is 1.99. The Morgan fingerprint density at radius 3 is 2.85 bits per heavy atom. The highest BCUT2D eigenvalue weighted by atomic mass is 32.2. The lowest BCUT2D eigenvalue weighted by molar-refractivity contribution is -0.121. The van der Waals surface area contributed by atoms with Gasteiger partial charge in [0.15, 0.2) is 0 Å². The Bertz CT molecular complexity index is 220. The molecule has 0 aromatic heterocycles. The molecule has 0 bridgehead atoms. The van der Waals surface area contributed by atoms with Crippen LogP contribution in [0.25, 0.3) is 0 Å². The highest BCUT2D eigenvalue weighted by Gasteiger charge is 2.26. The minimum atomic E-state index is -0.252. The van der Waals surface area contributed by atoms with Gasteiger partial charge in [-0.15, -0.1) is 0 Å². The molecule has 0 aromatic carbocycles. The Hall–Kier alpha value is -0.710. The van der Waals surface area contributed by atoms with E-state index >= 15 is 0 Å². The van der Waals surface area contributed by atoms with Crippen LogP contribution in [0.1, 0.15) is 13.3 Å². The lowest BCUT2D eigenvalue weighted by Gasteiger charge is -2.31. The minimum Gasteiger partial charge on any atom is -0.320 e. The predicted molar refractivity (Wildman–Crippen MR) is 52.7 cm³/mol. The van der Waals surface area contributed by atoms with Crippen molar-refractivity contribution in [1.82, 2.24) is 10.2 Å². The van der Waals surface area contributed by atoms with Gasteiger partial charge in [-0.2, -0.15) is 11.8 Å². The van der Waals surface area contributed by atoms with Crippen LogP contribution in [-0.4, -0.2) is 41.4 Å². The van der Waals surface area contributed by atoms with E-state index in [2.05, 4.69) is 5.32 Å². The second-order valence-electron chi connectivity index (χ2n) is 3.10. The molecule has 0 aromatic rings. The number of thioether (sulfide) groups is 1. The van der Waals surface area contributed by atoms with Crippen molar-refractivity contribution in [3.63, 3.8) is 0 Å². The van der Waals surface area contributed by atoms with Gasteiger partial charge in [-0.05, 0) is 13.2 Å². The van der Waals surface area contributed by atoms with Crippen molar-refractivity contribution in [2.24, 2.45) is 0 Å². The minimum absolute atomic E-state index is 0.169. The number of carbonyl (C=O) groups excluding carboxylic acids is 2. The lowest BCUT2D eigenvalue weighted by Crippen LogP contribution is -2.53. The highest BCUT2D eigenvalue weighted by molar-refractivity contribution is 7.98. The van der Waals surface area contributed by atoms with Gasteiger partial charge in [0.2, 0.25) is 5.91 Å². The van der Waals surface area contributed by atoms with Gasteiger partial charge in [0.25, 0.3) is 0 Å². The molecule has 3 amide bonds. The van der Waals surface area contributed by atoms with Crippen molar-refractivity contribution >= 4 is 23.7 Å². The summed E-state index contributed by atoms with van der Waals surface area (Å²) >= 11 is 1.70. The fourth-order valence-electron chi connectivity index (χ4n) is 1.33. The second kappa shape index (κ2) is 4.50. The van der Waals surface area contributed by atoms with Crippen molar-refractivity contribution in [3.05, 3.63) is 0 Å². The van der Waals surface area contributed by atoms with E-state index in [-0.39, 0.29) is 18.0 Å². The van der Waals surface area contributed by atoms with Crippen molar-refractivity contribution < 1.29 is 9.59 Å². The van der Waals surface area contributed by atoms with Gasteiger partial charge >= 0.3 is 6.03 Å². The van der Waals surface area contributed by atoms with E-state index in [9.17, 15) is 9.59 Å². The standard InChI is InChI=1S/C8H14N2O2S/c1-6(5-13-2)10-4-3-7(11)9-8(10)12/h6H,3-5H2,1-2H3,(H,9,11,12). The quantitative estimate of drug-likeness (QED) is 0.732. The van der Waals surface area contributed by atoms with Crippen molar-refractivity contribution in [2.45, 2.75) is 19.4 Å². The van der Waals surface area contributed by atoms with Crippen molar-refractivity contribution in [3.8, 4) is 0 Å². The Morgan fingerprint density at radius 1 is 1.62 bits per heavy atom. The summed E-state index contributed by atoms with van der Waals surface area (Å²) in [5, 5.41) is 2.31. The molecular formula is C8H14N2O2S. The first-order chi connectivity index (χ1) is 6.15. The molecule has 1 saturated heterocycles. The normalized spacial score (nSPS) is 20.0. The van der Waals surface area contributed by atoms with Crippen LogP contribution < -0.4 is 5.32 Å². The number of hydrogen-bond donors (Lipinski definition) is 1. The van der Waals surface area contributed by atoms with Crippen LogP contribution in [0, 0.1) is 0 Å². The molecule has 0 aliphatic carbocycles. The Morgan fingerprint density at radius 2 is 2.31 bits per heavy atom. The molecule has 1 unspecified atom stereocenters. The Labute approximate surface area is 82.0 Å². The van der Waals surface area contributed by atoms with Gasteiger partial charge in [0, 0.05) is 24.8 Å². The third-order valence-corrected chi connectivity index (χ3v) is 2.84. The summed E-state index contributed by atoms with van der Waals surface area (Å²) in [6, 6.07) is -0.0547. The van der Waals surface area contributed by atoms with Crippen molar-refractivity contribution in [1.29, 1.82) is 0 Å². The molecule has 1 fully saturated rings. The van der Waals surface area contributed by atoms with Crippen LogP contribution in [0.4, 0.5) is 4.79 Å². The van der Waals surface area contributed by atoms with Crippen LogP contribution >= 0.6 is 11.8 Å². The molecular weight excluding hydrogens is 188 g/mol. The largest absolute Gasteiger partial charge is 0.324 e. The zero-order chi connectivity index (χ0) is 9.84. The second-order valence-corrected chi connectivity index (χ2v) is 4.01. The Kier molecular flexibility index (Phi) is 3.59. The molecule has 1 aliphatic heterocycles. The molecule has 0 radical (unpaired) electrons. The predicted octanol–water partition coefficient (Wildman–Crippen LogP) is 0.680. The molecule has 0 spiro atoms. The molecule has 1 heterocycles. The summed E-state index contributed by atoms with van der Waals surface area (Å²) in [6.07, 6.45) is 2.42. The van der Waals surface area contributed by atoms with Crippen LogP contribution in [-0.2, 0) is 4.79 Å². The maximum absolute atomic E-state index is 11.3. The van der Waals surface area contributed by atoms with Gasteiger partial charge in [-0.25, -0.2) is 4.79 Å². The molecule has 1 rings (SSSR count). The molecule has 0 saturated carbocycles. The molecule has 1 N–H and O–H groups in total. The van der Waals surface area contributed by atoms with E-state index in [1.54, 1.807) is 16.7 Å². The van der Waals surface area contributed by atoms with Gasteiger partial charge in [0.05, 0.1) is 0 Å². The van der Waals surface area contributed by atoms with E-state index < -0.39 is 0 Å². The first-order valence-corrected chi connectivity index (χ1v) is 5.64. The van der Waals surface area contributed by atoms with Crippen molar-refractivity contribution in [2.75, 3.05) is 18.6 Å². The Balaban J connectivity index is 2.50. The summed E-state index contributed by atoms with van der Waals surface area (Å²) in [4.78, 5) is 23.8. The number of rotatable bonds is 3. The highest BCUT2D eigenvalue weighted by Crippen LogP contribution is 2.09. The maximum Gasteiger partial charge on any atom is 0.324 e. The maximum atomic E-state index is 11.3. The van der Waals surface area contributed by atoms with Crippen LogP contribution in [0.5, 0.6) is 0 Å². The zero-order valence-corrected chi connectivity index (χ0v) is 8.69. The number of amides is 3.